The lowest BCUT2D eigenvalue weighted by atomic mass is 10.1. The van der Waals surface area contributed by atoms with Gasteiger partial charge in [0.05, 0.1) is 12.3 Å². The van der Waals surface area contributed by atoms with Crippen LogP contribution in [-0.2, 0) is 13.6 Å². The lowest BCUT2D eigenvalue weighted by molar-refractivity contribution is 0.303. The molecule has 0 saturated heterocycles. The van der Waals surface area contributed by atoms with Gasteiger partial charge in [0.2, 0.25) is 0 Å². The highest BCUT2D eigenvalue weighted by Gasteiger charge is 2.18. The zero-order valence-electron chi connectivity index (χ0n) is 12.4. The average molecular weight is 254 g/mol. The number of aryl methyl sites for hydroxylation is 2. The van der Waals surface area contributed by atoms with Gasteiger partial charge in [0.15, 0.2) is 0 Å². The standard InChI is InChI=1S/C13H26N4O/c1-10-11(9-14-13(2,3)4)12(17(6)15-10)16(5)7-8-18/h14,18H,7-9H2,1-6H3. The molecule has 104 valence electrons. The van der Waals surface area contributed by atoms with E-state index in [2.05, 4.69) is 31.2 Å². The second-order valence-corrected chi connectivity index (χ2v) is 5.76. The van der Waals surface area contributed by atoms with Crippen molar-refractivity contribution < 1.29 is 5.11 Å². The van der Waals surface area contributed by atoms with Crippen molar-refractivity contribution in [1.82, 2.24) is 15.1 Å². The predicted molar refractivity (Wildman–Crippen MR) is 74.9 cm³/mol. The quantitative estimate of drug-likeness (QED) is 0.824. The number of hydrogen-bond acceptors (Lipinski definition) is 4. The Morgan fingerprint density at radius 1 is 1.39 bits per heavy atom. The molecule has 0 spiro atoms. The smallest absolute Gasteiger partial charge is 0.131 e. The molecule has 0 aliphatic carbocycles. The van der Waals surface area contributed by atoms with E-state index in [4.69, 9.17) is 5.11 Å². The van der Waals surface area contributed by atoms with Crippen molar-refractivity contribution in [3.63, 3.8) is 0 Å². The Morgan fingerprint density at radius 3 is 2.50 bits per heavy atom. The van der Waals surface area contributed by atoms with Gasteiger partial charge in [-0.25, -0.2) is 0 Å². The molecule has 0 atom stereocenters. The predicted octanol–water partition coefficient (Wildman–Crippen LogP) is 1.05. The van der Waals surface area contributed by atoms with E-state index in [1.54, 1.807) is 0 Å². The van der Waals surface area contributed by atoms with Crippen LogP contribution >= 0.6 is 0 Å². The number of aliphatic hydroxyl groups is 1. The van der Waals surface area contributed by atoms with Gasteiger partial charge in [-0.1, -0.05) is 0 Å². The van der Waals surface area contributed by atoms with Crippen LogP contribution < -0.4 is 10.2 Å². The molecular formula is C13H26N4O. The van der Waals surface area contributed by atoms with Crippen LogP contribution in [0.5, 0.6) is 0 Å². The van der Waals surface area contributed by atoms with Gasteiger partial charge in [0, 0.05) is 38.3 Å². The van der Waals surface area contributed by atoms with Gasteiger partial charge in [0.25, 0.3) is 0 Å². The first-order valence-corrected chi connectivity index (χ1v) is 6.35. The van der Waals surface area contributed by atoms with Crippen LogP contribution in [0.1, 0.15) is 32.0 Å². The number of hydrogen-bond donors (Lipinski definition) is 2. The van der Waals surface area contributed by atoms with E-state index in [-0.39, 0.29) is 12.1 Å². The van der Waals surface area contributed by atoms with Crippen molar-refractivity contribution in [3.8, 4) is 0 Å². The summed E-state index contributed by atoms with van der Waals surface area (Å²) < 4.78 is 1.88. The van der Waals surface area contributed by atoms with Crippen LogP contribution in [0, 0.1) is 6.92 Å². The summed E-state index contributed by atoms with van der Waals surface area (Å²) in [5.41, 5.74) is 2.31. The molecular weight excluding hydrogens is 228 g/mol. The van der Waals surface area contributed by atoms with Gasteiger partial charge in [-0.05, 0) is 27.7 Å². The van der Waals surface area contributed by atoms with Gasteiger partial charge >= 0.3 is 0 Å². The summed E-state index contributed by atoms with van der Waals surface area (Å²) in [5.74, 6) is 1.07. The average Bonchev–Trinajstić information content (AvgIpc) is 2.49. The molecule has 0 radical (unpaired) electrons. The molecule has 1 heterocycles. The molecule has 5 nitrogen and oxygen atoms in total. The minimum atomic E-state index is 0.0785. The fourth-order valence-corrected chi connectivity index (χ4v) is 1.98. The highest BCUT2D eigenvalue weighted by molar-refractivity contribution is 5.49. The Kier molecular flexibility index (Phi) is 4.76. The second kappa shape index (κ2) is 5.71. The summed E-state index contributed by atoms with van der Waals surface area (Å²) in [6, 6.07) is 0. The third kappa shape index (κ3) is 3.71. The first-order chi connectivity index (χ1) is 8.26. The van der Waals surface area contributed by atoms with Crippen molar-refractivity contribution >= 4 is 5.82 Å². The van der Waals surface area contributed by atoms with E-state index in [0.29, 0.717) is 6.54 Å². The van der Waals surface area contributed by atoms with Crippen molar-refractivity contribution in [2.24, 2.45) is 7.05 Å². The number of aliphatic hydroxyl groups excluding tert-OH is 1. The third-order valence-electron chi connectivity index (χ3n) is 2.91. The summed E-state index contributed by atoms with van der Waals surface area (Å²) in [7, 11) is 3.92. The van der Waals surface area contributed by atoms with E-state index in [0.717, 1.165) is 18.1 Å². The molecule has 18 heavy (non-hydrogen) atoms. The first kappa shape index (κ1) is 15.0. The van der Waals surface area contributed by atoms with Crippen LogP contribution in [0.25, 0.3) is 0 Å². The van der Waals surface area contributed by atoms with Crippen molar-refractivity contribution in [1.29, 1.82) is 0 Å². The van der Waals surface area contributed by atoms with Gasteiger partial charge < -0.3 is 15.3 Å². The van der Waals surface area contributed by atoms with Crippen LogP contribution in [0.4, 0.5) is 5.82 Å². The summed E-state index contributed by atoms with van der Waals surface area (Å²) >= 11 is 0. The molecule has 0 fully saturated rings. The maximum Gasteiger partial charge on any atom is 0.131 e. The van der Waals surface area contributed by atoms with Crippen LogP contribution in [-0.4, -0.2) is 40.6 Å². The van der Waals surface area contributed by atoms with Gasteiger partial charge in [-0.15, -0.1) is 0 Å². The third-order valence-corrected chi connectivity index (χ3v) is 2.91. The molecule has 5 heteroatoms. The number of anilines is 1. The van der Waals surface area contributed by atoms with E-state index in [1.165, 1.54) is 5.56 Å². The van der Waals surface area contributed by atoms with E-state index >= 15 is 0 Å². The molecule has 0 unspecified atom stereocenters. The van der Waals surface area contributed by atoms with E-state index in [9.17, 15) is 0 Å². The molecule has 0 aromatic carbocycles. The molecule has 0 saturated carbocycles. The lowest BCUT2D eigenvalue weighted by Crippen LogP contribution is -2.36. The molecule has 2 N–H and O–H groups in total. The Hall–Kier alpha value is -1.07. The number of rotatable bonds is 5. The van der Waals surface area contributed by atoms with Gasteiger partial charge in [-0.3, -0.25) is 4.68 Å². The zero-order chi connectivity index (χ0) is 13.9. The summed E-state index contributed by atoms with van der Waals surface area (Å²) in [6.07, 6.45) is 0. The number of nitrogens with one attached hydrogen (secondary N) is 1. The molecule has 0 aliphatic rings. The van der Waals surface area contributed by atoms with Gasteiger partial charge in [0.1, 0.15) is 5.82 Å². The molecule has 1 aromatic heterocycles. The summed E-state index contributed by atoms with van der Waals surface area (Å²) in [4.78, 5) is 2.04. The lowest BCUT2D eigenvalue weighted by Gasteiger charge is -2.23. The monoisotopic (exact) mass is 254 g/mol. The minimum absolute atomic E-state index is 0.0785. The maximum absolute atomic E-state index is 9.06. The fraction of sp³-hybridized carbons (Fsp3) is 0.769. The largest absolute Gasteiger partial charge is 0.395 e. The molecule has 1 aromatic rings. The fourth-order valence-electron chi connectivity index (χ4n) is 1.98. The first-order valence-electron chi connectivity index (χ1n) is 6.35. The van der Waals surface area contributed by atoms with Crippen molar-refractivity contribution in [3.05, 3.63) is 11.3 Å². The second-order valence-electron chi connectivity index (χ2n) is 5.76. The highest BCUT2D eigenvalue weighted by Crippen LogP contribution is 2.22. The summed E-state index contributed by atoms with van der Waals surface area (Å²) in [6.45, 7) is 10.0. The van der Waals surface area contributed by atoms with E-state index in [1.807, 2.05) is 30.6 Å². The number of likely N-dealkylation sites (N-methyl/N-ethyl adjacent to an activating group) is 1. The Morgan fingerprint density at radius 2 is 2.00 bits per heavy atom. The minimum Gasteiger partial charge on any atom is -0.395 e. The van der Waals surface area contributed by atoms with Crippen molar-refractivity contribution in [2.45, 2.75) is 39.8 Å². The zero-order valence-corrected chi connectivity index (χ0v) is 12.4. The van der Waals surface area contributed by atoms with E-state index < -0.39 is 0 Å². The normalized spacial score (nSPS) is 11.9. The highest BCUT2D eigenvalue weighted by atomic mass is 16.3. The SMILES string of the molecule is Cc1nn(C)c(N(C)CCO)c1CNC(C)(C)C. The number of nitrogens with zero attached hydrogens (tertiary/aromatic N) is 3. The van der Waals surface area contributed by atoms with Crippen molar-refractivity contribution in [2.75, 3.05) is 25.1 Å². The maximum atomic E-state index is 9.06. The molecule has 0 aliphatic heterocycles. The van der Waals surface area contributed by atoms with Crippen LogP contribution in [0.15, 0.2) is 0 Å². The molecule has 0 amide bonds. The molecule has 1 rings (SSSR count). The Labute approximate surface area is 110 Å². The number of aromatic nitrogens is 2. The van der Waals surface area contributed by atoms with Gasteiger partial charge in [-0.2, -0.15) is 5.10 Å². The Bertz CT molecular complexity index is 392. The topological polar surface area (TPSA) is 53.3 Å². The van der Waals surface area contributed by atoms with Crippen LogP contribution in [0.3, 0.4) is 0 Å². The summed E-state index contributed by atoms with van der Waals surface area (Å²) in [5, 5.41) is 17.0. The van der Waals surface area contributed by atoms with Crippen LogP contribution in [0.2, 0.25) is 0 Å². The molecule has 0 bridgehead atoms. The Balaban J connectivity index is 2.95.